The van der Waals surface area contributed by atoms with Gasteiger partial charge in [0.25, 0.3) is 0 Å². The number of nitrogens with one attached hydrogen (secondary N) is 1. The van der Waals surface area contributed by atoms with Crippen molar-refractivity contribution in [2.45, 2.75) is 58.1 Å². The van der Waals surface area contributed by atoms with E-state index in [-0.39, 0.29) is 10.9 Å². The highest BCUT2D eigenvalue weighted by Gasteiger charge is 2.23. The van der Waals surface area contributed by atoms with Crippen LogP contribution in [0.25, 0.3) is 0 Å². The lowest BCUT2D eigenvalue weighted by molar-refractivity contribution is 0.368. The minimum atomic E-state index is -0.107. The first-order valence-corrected chi connectivity index (χ1v) is 6.16. The third kappa shape index (κ3) is 3.46. The summed E-state index contributed by atoms with van der Waals surface area (Å²) in [6, 6.07) is 0. The van der Waals surface area contributed by atoms with Crippen molar-refractivity contribution in [1.29, 1.82) is 0 Å². The van der Waals surface area contributed by atoms with Crippen molar-refractivity contribution in [1.82, 2.24) is 20.1 Å². The van der Waals surface area contributed by atoms with Gasteiger partial charge < -0.3 is 5.32 Å². The highest BCUT2D eigenvalue weighted by Crippen LogP contribution is 2.15. The first-order chi connectivity index (χ1) is 7.47. The van der Waals surface area contributed by atoms with E-state index in [2.05, 4.69) is 36.2 Å². The lowest BCUT2D eigenvalue weighted by atomic mass is 10.0. The lowest BCUT2D eigenvalue weighted by Crippen LogP contribution is -2.45. The summed E-state index contributed by atoms with van der Waals surface area (Å²) in [5, 5.41) is 7.65. The zero-order valence-corrected chi connectivity index (χ0v) is 11.3. The van der Waals surface area contributed by atoms with E-state index in [1.807, 2.05) is 11.6 Å². The summed E-state index contributed by atoms with van der Waals surface area (Å²) < 4.78 is 1.93. The molecule has 0 aromatic carbocycles. The van der Waals surface area contributed by atoms with Gasteiger partial charge in [-0.05, 0) is 27.2 Å². The predicted molar refractivity (Wildman–Crippen MR) is 66.5 cm³/mol. The molecule has 0 aliphatic rings. The van der Waals surface area contributed by atoms with Gasteiger partial charge in [0.15, 0.2) is 0 Å². The molecule has 0 saturated heterocycles. The van der Waals surface area contributed by atoms with Crippen LogP contribution in [0.3, 0.4) is 0 Å². The Labute approximate surface area is 102 Å². The van der Waals surface area contributed by atoms with Crippen molar-refractivity contribution in [2.75, 3.05) is 0 Å². The highest BCUT2D eigenvalue weighted by atomic mass is 35.5. The molecule has 0 fully saturated rings. The minimum Gasteiger partial charge on any atom is -0.303 e. The molecule has 0 saturated carbocycles. The number of hydrogen-bond donors (Lipinski definition) is 1. The Morgan fingerprint density at radius 3 is 2.81 bits per heavy atom. The van der Waals surface area contributed by atoms with Crippen LogP contribution in [0.15, 0.2) is 6.33 Å². The van der Waals surface area contributed by atoms with E-state index in [1.165, 1.54) is 0 Å². The summed E-state index contributed by atoms with van der Waals surface area (Å²) in [6.45, 7) is 9.91. The molecule has 0 amide bonds. The van der Waals surface area contributed by atoms with Crippen molar-refractivity contribution in [3.63, 3.8) is 0 Å². The molecule has 1 aromatic heterocycles. The fraction of sp³-hybridized carbons (Fsp3) is 0.818. The van der Waals surface area contributed by atoms with Crippen molar-refractivity contribution in [3.05, 3.63) is 12.2 Å². The highest BCUT2D eigenvalue weighted by molar-refractivity contribution is 6.21. The summed E-state index contributed by atoms with van der Waals surface area (Å²) in [5.74, 6) is 0.965. The summed E-state index contributed by atoms with van der Waals surface area (Å²) in [4.78, 5) is 4.24. The molecule has 1 atom stereocenters. The molecule has 1 heterocycles. The number of nitrogens with zero attached hydrogens (tertiary/aromatic N) is 3. The first-order valence-electron chi connectivity index (χ1n) is 5.73. The molecule has 0 aliphatic heterocycles. The quantitative estimate of drug-likeness (QED) is 0.780. The third-order valence-electron chi connectivity index (χ3n) is 2.83. The van der Waals surface area contributed by atoms with E-state index in [0.717, 1.165) is 18.8 Å². The molecule has 16 heavy (non-hydrogen) atoms. The van der Waals surface area contributed by atoms with Gasteiger partial charge in [-0.25, -0.2) is 9.67 Å². The first kappa shape index (κ1) is 13.5. The summed E-state index contributed by atoms with van der Waals surface area (Å²) in [6.07, 6.45) is 2.66. The van der Waals surface area contributed by atoms with Gasteiger partial charge in [-0.15, -0.1) is 11.6 Å². The van der Waals surface area contributed by atoms with Gasteiger partial charge >= 0.3 is 0 Å². The standard InChI is InChI=1S/C11H21ClN4/c1-5-6-16-10(13-8-15-16)7-14-11(3,4)9(2)12/h8-9,14H,5-7H2,1-4H3. The van der Waals surface area contributed by atoms with Gasteiger partial charge in [0.1, 0.15) is 12.2 Å². The van der Waals surface area contributed by atoms with E-state index in [9.17, 15) is 0 Å². The molecule has 0 spiro atoms. The second-order valence-corrected chi connectivity index (χ2v) is 5.25. The molecular formula is C11H21ClN4. The van der Waals surface area contributed by atoms with Crippen molar-refractivity contribution < 1.29 is 0 Å². The number of alkyl halides is 1. The number of hydrogen-bond acceptors (Lipinski definition) is 3. The topological polar surface area (TPSA) is 42.7 Å². The fourth-order valence-electron chi connectivity index (χ4n) is 1.27. The molecule has 0 radical (unpaired) electrons. The molecule has 92 valence electrons. The maximum absolute atomic E-state index is 6.11. The monoisotopic (exact) mass is 244 g/mol. The number of halogens is 1. The van der Waals surface area contributed by atoms with Crippen LogP contribution in [0.1, 0.15) is 39.9 Å². The van der Waals surface area contributed by atoms with Gasteiger partial charge in [0.05, 0.1) is 6.54 Å². The largest absolute Gasteiger partial charge is 0.303 e. The Kier molecular flexibility index (Phi) is 4.74. The second-order valence-electron chi connectivity index (χ2n) is 4.59. The number of rotatable bonds is 6. The Balaban J connectivity index is 2.57. The average molecular weight is 245 g/mol. The van der Waals surface area contributed by atoms with Gasteiger partial charge in [0, 0.05) is 17.5 Å². The third-order valence-corrected chi connectivity index (χ3v) is 3.37. The maximum Gasteiger partial charge on any atom is 0.140 e. The van der Waals surface area contributed by atoms with Gasteiger partial charge in [-0.2, -0.15) is 5.10 Å². The molecule has 0 bridgehead atoms. The fourth-order valence-corrected chi connectivity index (χ4v) is 1.35. The summed E-state index contributed by atoms with van der Waals surface area (Å²) in [5.41, 5.74) is -0.107. The summed E-state index contributed by atoms with van der Waals surface area (Å²) in [7, 11) is 0. The Hall–Kier alpha value is -0.610. The minimum absolute atomic E-state index is 0.0649. The Morgan fingerprint density at radius 1 is 1.56 bits per heavy atom. The number of aromatic nitrogens is 3. The molecule has 1 aromatic rings. The van der Waals surface area contributed by atoms with Crippen molar-refractivity contribution >= 4 is 11.6 Å². The molecule has 5 heteroatoms. The maximum atomic E-state index is 6.11. The van der Waals surface area contributed by atoms with Gasteiger partial charge in [0.2, 0.25) is 0 Å². The van der Waals surface area contributed by atoms with Crippen molar-refractivity contribution in [3.8, 4) is 0 Å². The molecule has 1 N–H and O–H groups in total. The van der Waals surface area contributed by atoms with Crippen LogP contribution < -0.4 is 5.32 Å². The van der Waals surface area contributed by atoms with Crippen LogP contribution in [0.5, 0.6) is 0 Å². The second kappa shape index (κ2) is 5.64. The molecule has 0 aliphatic carbocycles. The lowest BCUT2D eigenvalue weighted by Gasteiger charge is -2.28. The van der Waals surface area contributed by atoms with Gasteiger partial charge in [-0.3, -0.25) is 0 Å². The van der Waals surface area contributed by atoms with E-state index >= 15 is 0 Å². The smallest absolute Gasteiger partial charge is 0.140 e. The predicted octanol–water partition coefficient (Wildman–Crippen LogP) is 2.18. The Bertz CT molecular complexity index is 320. The van der Waals surface area contributed by atoms with Crippen molar-refractivity contribution in [2.24, 2.45) is 0 Å². The zero-order chi connectivity index (χ0) is 12.2. The Morgan fingerprint density at radius 2 is 2.25 bits per heavy atom. The average Bonchev–Trinajstić information content (AvgIpc) is 2.63. The molecule has 1 rings (SSSR count). The van der Waals surface area contributed by atoms with E-state index in [0.29, 0.717) is 6.54 Å². The van der Waals surface area contributed by atoms with E-state index in [4.69, 9.17) is 11.6 Å². The van der Waals surface area contributed by atoms with Crippen LogP contribution >= 0.6 is 11.6 Å². The molecule has 1 unspecified atom stereocenters. The normalized spacial score (nSPS) is 14.1. The van der Waals surface area contributed by atoms with Crippen LogP contribution in [0.2, 0.25) is 0 Å². The van der Waals surface area contributed by atoms with Gasteiger partial charge in [-0.1, -0.05) is 6.92 Å². The SMILES string of the molecule is CCCn1ncnc1CNC(C)(C)C(C)Cl. The summed E-state index contributed by atoms with van der Waals surface area (Å²) >= 11 is 6.11. The van der Waals surface area contributed by atoms with Crippen LogP contribution in [-0.2, 0) is 13.1 Å². The zero-order valence-electron chi connectivity index (χ0n) is 10.5. The molecular weight excluding hydrogens is 224 g/mol. The molecule has 4 nitrogen and oxygen atoms in total. The van der Waals surface area contributed by atoms with E-state index < -0.39 is 0 Å². The van der Waals surface area contributed by atoms with Crippen LogP contribution in [0, 0.1) is 0 Å². The van der Waals surface area contributed by atoms with Crippen LogP contribution in [0.4, 0.5) is 0 Å². The van der Waals surface area contributed by atoms with E-state index in [1.54, 1.807) is 6.33 Å². The van der Waals surface area contributed by atoms with Crippen LogP contribution in [-0.4, -0.2) is 25.7 Å². The number of aryl methyl sites for hydroxylation is 1.